The lowest BCUT2D eigenvalue weighted by Gasteiger charge is -2.42. The van der Waals surface area contributed by atoms with Crippen molar-refractivity contribution in [1.82, 2.24) is 15.3 Å². The van der Waals surface area contributed by atoms with Gasteiger partial charge in [-0.1, -0.05) is 11.6 Å². The zero-order valence-electron chi connectivity index (χ0n) is 14.8. The fourth-order valence-corrected chi connectivity index (χ4v) is 3.45. The van der Waals surface area contributed by atoms with Gasteiger partial charge in [-0.2, -0.15) is 0 Å². The van der Waals surface area contributed by atoms with Gasteiger partial charge in [0.05, 0.1) is 28.7 Å². The number of aromatic nitrogens is 2. The Hall–Kier alpha value is -3.13. The van der Waals surface area contributed by atoms with Gasteiger partial charge in [-0.15, -0.1) is 0 Å². The first kappa shape index (κ1) is 18.2. The lowest BCUT2D eigenvalue weighted by Crippen LogP contribution is -2.51. The molecule has 0 spiro atoms. The first-order valence-corrected chi connectivity index (χ1v) is 9.17. The minimum atomic E-state index is -0.887. The Labute approximate surface area is 166 Å². The standard InChI is InChI=1S/C19H18ClN5O3/c20-15-5-2-12(10-23-15)17(27)24-19(6-1-7-19)14-4-3-13(11-22-14)25-8-9-28-18(25)16(21)26/h2-5,8-11,18H,1,6-7H2,(H2,21,26)(H,24,27). The van der Waals surface area contributed by atoms with E-state index < -0.39 is 17.7 Å². The summed E-state index contributed by atoms with van der Waals surface area (Å²) in [6.07, 6.45) is 7.82. The van der Waals surface area contributed by atoms with Crippen molar-refractivity contribution < 1.29 is 14.3 Å². The SMILES string of the molecule is NC(=O)C1OC=CN1c1ccc(C2(NC(=O)c3ccc(Cl)nc3)CCC2)nc1. The van der Waals surface area contributed by atoms with Crippen LogP contribution in [0.1, 0.15) is 35.3 Å². The van der Waals surface area contributed by atoms with Crippen molar-refractivity contribution in [2.45, 2.75) is 31.0 Å². The summed E-state index contributed by atoms with van der Waals surface area (Å²) in [5.74, 6) is -0.812. The summed E-state index contributed by atoms with van der Waals surface area (Å²) in [5, 5.41) is 3.42. The highest BCUT2D eigenvalue weighted by Gasteiger charge is 2.41. The second kappa shape index (κ2) is 7.12. The van der Waals surface area contributed by atoms with E-state index in [1.165, 1.54) is 12.5 Å². The monoisotopic (exact) mass is 399 g/mol. The van der Waals surface area contributed by atoms with E-state index in [-0.39, 0.29) is 5.91 Å². The number of halogens is 1. The average molecular weight is 400 g/mol. The van der Waals surface area contributed by atoms with Crippen molar-refractivity contribution in [3.05, 3.63) is 65.5 Å². The smallest absolute Gasteiger partial charge is 0.280 e. The number of nitrogens with one attached hydrogen (secondary N) is 1. The fourth-order valence-electron chi connectivity index (χ4n) is 3.34. The third-order valence-corrected chi connectivity index (χ3v) is 5.23. The van der Waals surface area contributed by atoms with Crippen LogP contribution in [0, 0.1) is 0 Å². The van der Waals surface area contributed by atoms with E-state index in [1.807, 2.05) is 12.1 Å². The summed E-state index contributed by atoms with van der Waals surface area (Å²) < 4.78 is 5.19. The van der Waals surface area contributed by atoms with Crippen LogP contribution in [0.5, 0.6) is 0 Å². The van der Waals surface area contributed by atoms with Crippen LogP contribution in [0.15, 0.2) is 49.1 Å². The van der Waals surface area contributed by atoms with E-state index in [0.29, 0.717) is 16.4 Å². The minimum absolute atomic E-state index is 0.223. The summed E-state index contributed by atoms with van der Waals surface area (Å²) in [4.78, 5) is 34.2. The number of pyridine rings is 2. The molecule has 2 aromatic rings. The molecule has 0 saturated heterocycles. The molecule has 28 heavy (non-hydrogen) atoms. The first-order valence-electron chi connectivity index (χ1n) is 8.79. The number of anilines is 1. The molecule has 0 radical (unpaired) electrons. The van der Waals surface area contributed by atoms with Gasteiger partial charge in [-0.25, -0.2) is 4.98 Å². The van der Waals surface area contributed by atoms with Gasteiger partial charge in [0.25, 0.3) is 18.0 Å². The maximum atomic E-state index is 12.6. The van der Waals surface area contributed by atoms with Crippen molar-refractivity contribution in [3.63, 3.8) is 0 Å². The number of amides is 2. The van der Waals surface area contributed by atoms with Crippen LogP contribution in [0.4, 0.5) is 5.69 Å². The molecule has 8 nitrogen and oxygen atoms in total. The lowest BCUT2D eigenvalue weighted by atomic mass is 9.74. The summed E-state index contributed by atoms with van der Waals surface area (Å²) in [7, 11) is 0. The van der Waals surface area contributed by atoms with Crippen molar-refractivity contribution in [2.24, 2.45) is 5.73 Å². The van der Waals surface area contributed by atoms with Gasteiger partial charge in [0.2, 0.25) is 0 Å². The number of carbonyl (C=O) groups is 2. The fraction of sp³-hybridized carbons (Fsp3) is 0.263. The minimum Gasteiger partial charge on any atom is -0.467 e. The van der Waals surface area contributed by atoms with E-state index in [0.717, 1.165) is 25.0 Å². The molecule has 2 aromatic heterocycles. The highest BCUT2D eigenvalue weighted by Crippen LogP contribution is 2.41. The van der Waals surface area contributed by atoms with Gasteiger partial charge in [0, 0.05) is 12.4 Å². The number of hydrogen-bond donors (Lipinski definition) is 2. The van der Waals surface area contributed by atoms with Crippen LogP contribution < -0.4 is 16.0 Å². The van der Waals surface area contributed by atoms with Gasteiger partial charge in [-0.05, 0) is 43.5 Å². The number of ether oxygens (including phenoxy) is 1. The molecule has 3 N–H and O–H groups in total. The summed E-state index contributed by atoms with van der Waals surface area (Å²) in [6.45, 7) is 0. The molecule has 4 rings (SSSR count). The van der Waals surface area contributed by atoms with Crippen molar-refractivity contribution in [3.8, 4) is 0 Å². The lowest BCUT2D eigenvalue weighted by molar-refractivity contribution is -0.125. The first-order chi connectivity index (χ1) is 13.5. The Morgan fingerprint density at radius 3 is 2.61 bits per heavy atom. The molecule has 1 unspecified atom stereocenters. The predicted octanol–water partition coefficient (Wildman–Crippen LogP) is 2.06. The quantitative estimate of drug-likeness (QED) is 0.744. The Kier molecular flexibility index (Phi) is 4.64. The maximum absolute atomic E-state index is 12.6. The second-order valence-electron chi connectivity index (χ2n) is 6.74. The molecule has 0 bridgehead atoms. The molecular weight excluding hydrogens is 382 g/mol. The Morgan fingerprint density at radius 1 is 1.21 bits per heavy atom. The van der Waals surface area contributed by atoms with E-state index in [2.05, 4.69) is 15.3 Å². The van der Waals surface area contributed by atoms with E-state index in [4.69, 9.17) is 22.1 Å². The van der Waals surface area contributed by atoms with Crippen LogP contribution >= 0.6 is 11.6 Å². The average Bonchev–Trinajstić information content (AvgIpc) is 3.15. The molecule has 0 aromatic carbocycles. The van der Waals surface area contributed by atoms with Crippen LogP contribution in [0.25, 0.3) is 0 Å². The molecule has 9 heteroatoms. The summed E-state index contributed by atoms with van der Waals surface area (Å²) >= 11 is 5.78. The summed E-state index contributed by atoms with van der Waals surface area (Å²) in [5.41, 5.74) is 6.70. The van der Waals surface area contributed by atoms with Gasteiger partial charge < -0.3 is 15.8 Å². The van der Waals surface area contributed by atoms with E-state index >= 15 is 0 Å². The summed E-state index contributed by atoms with van der Waals surface area (Å²) in [6, 6.07) is 6.89. The van der Waals surface area contributed by atoms with Crippen molar-refractivity contribution >= 4 is 29.1 Å². The zero-order valence-corrected chi connectivity index (χ0v) is 15.6. The largest absolute Gasteiger partial charge is 0.467 e. The maximum Gasteiger partial charge on any atom is 0.280 e. The molecule has 2 amide bonds. The highest BCUT2D eigenvalue weighted by molar-refractivity contribution is 6.29. The molecule has 1 aliphatic carbocycles. The molecular formula is C19H18ClN5O3. The Morgan fingerprint density at radius 2 is 2.04 bits per heavy atom. The Balaban J connectivity index is 1.53. The molecule has 1 aliphatic heterocycles. The van der Waals surface area contributed by atoms with Gasteiger partial charge in [0.15, 0.2) is 0 Å². The number of rotatable bonds is 5. The Bertz CT molecular complexity index is 926. The van der Waals surface area contributed by atoms with Crippen LogP contribution in [0.2, 0.25) is 5.15 Å². The van der Waals surface area contributed by atoms with E-state index in [1.54, 1.807) is 29.4 Å². The molecule has 2 aliphatic rings. The molecule has 1 atom stereocenters. The number of hydrogen-bond acceptors (Lipinski definition) is 6. The van der Waals surface area contributed by atoms with Crippen molar-refractivity contribution in [1.29, 1.82) is 0 Å². The molecule has 1 saturated carbocycles. The second-order valence-corrected chi connectivity index (χ2v) is 7.13. The van der Waals surface area contributed by atoms with Gasteiger partial charge in [0.1, 0.15) is 11.4 Å². The number of nitrogens with two attached hydrogens (primary N) is 1. The number of primary amides is 1. The van der Waals surface area contributed by atoms with Crippen LogP contribution in [-0.2, 0) is 15.1 Å². The van der Waals surface area contributed by atoms with E-state index in [9.17, 15) is 9.59 Å². The molecule has 1 fully saturated rings. The van der Waals surface area contributed by atoms with Crippen LogP contribution in [-0.4, -0.2) is 28.0 Å². The van der Waals surface area contributed by atoms with Crippen molar-refractivity contribution in [2.75, 3.05) is 4.90 Å². The zero-order chi connectivity index (χ0) is 19.7. The molecule has 3 heterocycles. The third kappa shape index (κ3) is 3.27. The van der Waals surface area contributed by atoms with Crippen LogP contribution in [0.3, 0.4) is 0 Å². The number of carbonyl (C=O) groups excluding carboxylic acids is 2. The molecule has 144 valence electrons. The predicted molar refractivity (Wildman–Crippen MR) is 102 cm³/mol. The number of nitrogens with zero attached hydrogens (tertiary/aromatic N) is 3. The van der Waals surface area contributed by atoms with Gasteiger partial charge in [-0.3, -0.25) is 19.5 Å². The van der Waals surface area contributed by atoms with Gasteiger partial charge >= 0.3 is 0 Å². The topological polar surface area (TPSA) is 110 Å². The normalized spacial score (nSPS) is 19.6. The third-order valence-electron chi connectivity index (χ3n) is 5.01. The highest BCUT2D eigenvalue weighted by atomic mass is 35.5.